The molecule has 278 valence electrons. The maximum Gasteiger partial charge on any atom is 0.261 e. The Hall–Kier alpha value is -3.23. The summed E-state index contributed by atoms with van der Waals surface area (Å²) < 4.78 is 24.9. The number of hydrogen-bond donors (Lipinski definition) is 0. The van der Waals surface area contributed by atoms with E-state index in [1.807, 2.05) is 17.0 Å². The van der Waals surface area contributed by atoms with Crippen LogP contribution in [0.15, 0.2) is 97.1 Å². The number of likely N-dealkylation sites (tertiary alicyclic amines) is 1. The average Bonchev–Trinajstić information content (AvgIpc) is 3.48. The summed E-state index contributed by atoms with van der Waals surface area (Å²) in [6, 6.07) is 29.7. The molecule has 3 aromatic rings. The van der Waals surface area contributed by atoms with Crippen molar-refractivity contribution in [1.82, 2.24) is 4.90 Å². The third kappa shape index (κ3) is 10.4. The van der Waals surface area contributed by atoms with Gasteiger partial charge >= 0.3 is 0 Å². The van der Waals surface area contributed by atoms with Crippen LogP contribution in [0.3, 0.4) is 0 Å². The molecule has 0 radical (unpaired) electrons. The molecule has 0 N–H and O–H groups in total. The normalized spacial score (nSPS) is 18.0. The van der Waals surface area contributed by atoms with Crippen molar-refractivity contribution in [3.05, 3.63) is 103 Å². The number of rotatable bonds is 17. The van der Waals surface area contributed by atoms with E-state index in [4.69, 9.17) is 18.6 Å². The van der Waals surface area contributed by atoms with Gasteiger partial charge in [0.25, 0.3) is 8.32 Å². The number of carbonyl (C=O) groups excluding carboxylic acids is 1. The molecular weight excluding hydrogens is 651 g/mol. The lowest BCUT2D eigenvalue weighted by atomic mass is 9.79. The third-order valence-electron chi connectivity index (χ3n) is 10.2. The van der Waals surface area contributed by atoms with Gasteiger partial charge in [-0.25, -0.2) is 0 Å². The first-order valence-electron chi connectivity index (χ1n) is 18.7. The Morgan fingerprint density at radius 3 is 2.04 bits per heavy atom. The first-order valence-corrected chi connectivity index (χ1v) is 20.6. The van der Waals surface area contributed by atoms with Crippen LogP contribution in [-0.2, 0) is 25.1 Å². The van der Waals surface area contributed by atoms with Crippen molar-refractivity contribution in [1.29, 1.82) is 0 Å². The zero-order valence-electron chi connectivity index (χ0n) is 32.7. The fourth-order valence-corrected chi connectivity index (χ4v) is 12.6. The van der Waals surface area contributed by atoms with Gasteiger partial charge in [0.2, 0.25) is 5.91 Å². The number of amides is 1. The Kier molecular flexibility index (Phi) is 14.3. The predicted molar refractivity (Wildman–Crippen MR) is 213 cm³/mol. The minimum Gasteiger partial charge on any atom is -0.497 e. The molecule has 0 bridgehead atoms. The lowest BCUT2D eigenvalue weighted by Gasteiger charge is -2.43. The van der Waals surface area contributed by atoms with Crippen molar-refractivity contribution in [2.45, 2.75) is 103 Å². The Balaban J connectivity index is 1.61. The lowest BCUT2D eigenvalue weighted by Crippen LogP contribution is -2.66. The van der Waals surface area contributed by atoms with Crippen molar-refractivity contribution in [3.63, 3.8) is 0 Å². The van der Waals surface area contributed by atoms with E-state index in [1.54, 1.807) is 14.2 Å². The topological polar surface area (TPSA) is 57.2 Å². The molecule has 1 aliphatic heterocycles. The fraction of sp³-hybridized carbons (Fsp3) is 0.523. The smallest absolute Gasteiger partial charge is 0.261 e. The standard InChI is InChI=1S/C44H63NO5Si/c1-33(2)40(25-18-28-49-51(44(6,7)8,38-21-13-11-14-22-38)39-23-15-12-16-24-39)41(27-26-34-19-17-20-36(29-34)48-10)42(46)45-31-37(50-43(3,4)5)30-35(45)32-47-9/h11-17,19-24,29,35,37,40-41H,1,18,25-28,30-32H2,2-10H3/t35-,37+,40+,41-/m0/s1. The van der Waals surface area contributed by atoms with Gasteiger partial charge in [0, 0.05) is 26.2 Å². The summed E-state index contributed by atoms with van der Waals surface area (Å²) in [5.41, 5.74) is 1.90. The molecule has 51 heavy (non-hydrogen) atoms. The molecule has 7 heteroatoms. The van der Waals surface area contributed by atoms with Gasteiger partial charge in [-0.1, -0.05) is 106 Å². The van der Waals surface area contributed by atoms with E-state index < -0.39 is 8.32 Å². The van der Waals surface area contributed by atoms with Crippen molar-refractivity contribution >= 4 is 24.6 Å². The van der Waals surface area contributed by atoms with E-state index in [2.05, 4.69) is 128 Å². The van der Waals surface area contributed by atoms with E-state index in [-0.39, 0.29) is 40.5 Å². The van der Waals surface area contributed by atoms with Crippen LogP contribution in [0, 0.1) is 11.8 Å². The van der Waals surface area contributed by atoms with Gasteiger partial charge in [0.1, 0.15) is 5.75 Å². The van der Waals surface area contributed by atoms with E-state index in [9.17, 15) is 4.79 Å². The molecule has 1 heterocycles. The van der Waals surface area contributed by atoms with Gasteiger partial charge in [0.15, 0.2) is 0 Å². The van der Waals surface area contributed by atoms with Crippen LogP contribution in [-0.4, -0.2) is 70.8 Å². The molecule has 1 fully saturated rings. The van der Waals surface area contributed by atoms with Crippen LogP contribution in [0.5, 0.6) is 5.75 Å². The quantitative estimate of drug-likeness (QED) is 0.0802. The van der Waals surface area contributed by atoms with Crippen LogP contribution in [0.1, 0.15) is 79.7 Å². The molecule has 1 aliphatic rings. The first kappa shape index (κ1) is 40.5. The van der Waals surface area contributed by atoms with Gasteiger partial charge in [-0.15, -0.1) is 0 Å². The van der Waals surface area contributed by atoms with E-state index in [0.717, 1.165) is 42.6 Å². The van der Waals surface area contributed by atoms with Crippen LogP contribution < -0.4 is 15.1 Å². The van der Waals surface area contributed by atoms with E-state index in [0.29, 0.717) is 26.2 Å². The number of aryl methyl sites for hydroxylation is 1. The molecule has 0 aromatic heterocycles. The second-order valence-electron chi connectivity index (χ2n) is 16.3. The zero-order valence-corrected chi connectivity index (χ0v) is 33.7. The van der Waals surface area contributed by atoms with Crippen molar-refractivity contribution in [2.75, 3.05) is 34.0 Å². The molecule has 4 atom stereocenters. The molecule has 1 saturated heterocycles. The summed E-state index contributed by atoms with van der Waals surface area (Å²) in [5.74, 6) is 0.751. The number of hydrogen-bond acceptors (Lipinski definition) is 5. The van der Waals surface area contributed by atoms with Crippen molar-refractivity contribution < 1.29 is 23.4 Å². The summed E-state index contributed by atoms with van der Waals surface area (Å²) in [7, 11) is 0.733. The molecule has 6 nitrogen and oxygen atoms in total. The summed E-state index contributed by atoms with van der Waals surface area (Å²) in [6.45, 7) is 21.4. The maximum absolute atomic E-state index is 14.9. The summed E-state index contributed by atoms with van der Waals surface area (Å²) in [6.07, 6.45) is 3.84. The summed E-state index contributed by atoms with van der Waals surface area (Å²) in [5, 5.41) is 2.45. The zero-order chi connectivity index (χ0) is 37.2. The van der Waals surface area contributed by atoms with Gasteiger partial charge in [0.05, 0.1) is 31.5 Å². The van der Waals surface area contributed by atoms with Gasteiger partial charge < -0.3 is 23.5 Å². The Bertz CT molecular complexity index is 1490. The second-order valence-corrected chi connectivity index (χ2v) is 20.6. The number of nitrogens with zero attached hydrogens (tertiary/aromatic N) is 1. The van der Waals surface area contributed by atoms with Crippen LogP contribution >= 0.6 is 0 Å². The molecule has 3 aromatic carbocycles. The Morgan fingerprint density at radius 2 is 1.51 bits per heavy atom. The number of carbonyl (C=O) groups is 1. The number of ether oxygens (including phenoxy) is 3. The molecule has 0 saturated carbocycles. The highest BCUT2D eigenvalue weighted by Gasteiger charge is 2.50. The van der Waals surface area contributed by atoms with Gasteiger partial charge in [-0.3, -0.25) is 4.79 Å². The molecular formula is C44H63NO5Si. The van der Waals surface area contributed by atoms with Crippen LogP contribution in [0.2, 0.25) is 5.04 Å². The highest BCUT2D eigenvalue weighted by Crippen LogP contribution is 2.38. The van der Waals surface area contributed by atoms with Crippen LogP contribution in [0.4, 0.5) is 0 Å². The highest BCUT2D eigenvalue weighted by molar-refractivity contribution is 6.99. The van der Waals surface area contributed by atoms with E-state index >= 15 is 0 Å². The van der Waals surface area contributed by atoms with E-state index in [1.165, 1.54) is 10.4 Å². The molecule has 4 rings (SSSR count). The monoisotopic (exact) mass is 713 g/mol. The predicted octanol–water partition coefficient (Wildman–Crippen LogP) is 8.22. The van der Waals surface area contributed by atoms with Crippen molar-refractivity contribution in [2.24, 2.45) is 11.8 Å². The number of methoxy groups -OCH3 is 2. The van der Waals surface area contributed by atoms with Crippen molar-refractivity contribution in [3.8, 4) is 5.75 Å². The number of allylic oxidation sites excluding steroid dienone is 1. The first-order chi connectivity index (χ1) is 24.2. The average molecular weight is 714 g/mol. The number of benzene rings is 3. The molecule has 0 aliphatic carbocycles. The summed E-state index contributed by atoms with van der Waals surface area (Å²) >= 11 is 0. The largest absolute Gasteiger partial charge is 0.497 e. The lowest BCUT2D eigenvalue weighted by molar-refractivity contribution is -0.140. The Morgan fingerprint density at radius 1 is 0.882 bits per heavy atom. The second kappa shape index (κ2) is 18.0. The highest BCUT2D eigenvalue weighted by atomic mass is 28.4. The van der Waals surface area contributed by atoms with Gasteiger partial charge in [-0.2, -0.15) is 0 Å². The van der Waals surface area contributed by atoms with Gasteiger partial charge in [-0.05, 0) is 98.8 Å². The van der Waals surface area contributed by atoms with Crippen LogP contribution in [0.25, 0.3) is 0 Å². The molecule has 0 spiro atoms. The molecule has 0 unspecified atom stereocenters. The SMILES string of the molecule is C=C(C)[C@@H](CCCO[Si](c1ccccc1)(c1ccccc1)C(C)(C)C)[C@H](CCc1cccc(OC)c1)C(=O)N1C[C@H](OC(C)(C)C)C[C@H]1COC. The Labute approximate surface area is 309 Å². The molecule has 1 amide bonds. The fourth-order valence-electron chi connectivity index (χ4n) is 8.02. The minimum atomic E-state index is -2.67. The maximum atomic E-state index is 14.9. The third-order valence-corrected chi connectivity index (χ3v) is 15.3. The summed E-state index contributed by atoms with van der Waals surface area (Å²) in [4.78, 5) is 16.9. The minimum absolute atomic E-state index is 0.00311.